The Balaban J connectivity index is 2.85. The Bertz CT molecular complexity index is 577. The van der Waals surface area contributed by atoms with Gasteiger partial charge in [0.15, 0.2) is 0 Å². The number of halogens is 4. The smallest absolute Gasteiger partial charge is 0.376 e. The molecule has 17 heavy (non-hydrogen) atoms. The lowest BCUT2D eigenvalue weighted by atomic mass is 10.2. The summed E-state index contributed by atoms with van der Waals surface area (Å²) >= 11 is 3.18. The van der Waals surface area contributed by atoms with Gasteiger partial charge in [0.1, 0.15) is 6.73 Å². The van der Waals surface area contributed by atoms with Crippen molar-refractivity contribution < 1.29 is 18.3 Å². The summed E-state index contributed by atoms with van der Waals surface area (Å²) in [4.78, 5) is 3.52. The predicted molar refractivity (Wildman–Crippen MR) is 59.4 cm³/mol. The fraction of sp³-hybridized carbons (Fsp3) is 0.300. The average Bonchev–Trinajstić information content (AvgIpc) is 2.55. The molecule has 0 fully saturated rings. The molecule has 0 radical (unpaired) electrons. The van der Waals surface area contributed by atoms with Crippen LogP contribution in [0.3, 0.4) is 0 Å². The standard InChI is InChI=1S/C10H8BrF3N2O/c1-5-2-6(11)8-7(3-5)15-9(10(12,13)14)16(8)4-17/h2-3,17H,4H2,1H3. The van der Waals surface area contributed by atoms with Crippen molar-refractivity contribution >= 4 is 27.0 Å². The monoisotopic (exact) mass is 308 g/mol. The summed E-state index contributed by atoms with van der Waals surface area (Å²) in [5.41, 5.74) is 1.24. The molecule has 0 saturated carbocycles. The lowest BCUT2D eigenvalue weighted by molar-refractivity contribution is -0.148. The predicted octanol–water partition coefficient (Wildman–Crippen LogP) is 3.08. The summed E-state index contributed by atoms with van der Waals surface area (Å²) in [6, 6.07) is 3.22. The van der Waals surface area contributed by atoms with E-state index in [4.69, 9.17) is 5.11 Å². The minimum absolute atomic E-state index is 0.207. The summed E-state index contributed by atoms with van der Waals surface area (Å²) in [7, 11) is 0. The first-order chi connectivity index (χ1) is 7.84. The minimum atomic E-state index is -4.59. The minimum Gasteiger partial charge on any atom is -0.376 e. The lowest BCUT2D eigenvalue weighted by Crippen LogP contribution is -2.15. The molecule has 1 N–H and O–H groups in total. The van der Waals surface area contributed by atoms with Crippen LogP contribution in [-0.4, -0.2) is 14.7 Å². The summed E-state index contributed by atoms with van der Waals surface area (Å²) < 4.78 is 39.3. The van der Waals surface area contributed by atoms with E-state index in [-0.39, 0.29) is 11.0 Å². The number of imidazole rings is 1. The van der Waals surface area contributed by atoms with Crippen molar-refractivity contribution in [2.45, 2.75) is 19.8 Å². The van der Waals surface area contributed by atoms with Crippen molar-refractivity contribution in [3.05, 3.63) is 28.0 Å². The van der Waals surface area contributed by atoms with Gasteiger partial charge in [0.25, 0.3) is 0 Å². The van der Waals surface area contributed by atoms with Crippen LogP contribution in [0.4, 0.5) is 13.2 Å². The van der Waals surface area contributed by atoms with Crippen LogP contribution < -0.4 is 0 Å². The Morgan fingerprint density at radius 3 is 2.59 bits per heavy atom. The zero-order valence-corrected chi connectivity index (χ0v) is 10.3. The van der Waals surface area contributed by atoms with Gasteiger partial charge in [0.2, 0.25) is 5.82 Å². The number of hydrogen-bond acceptors (Lipinski definition) is 2. The number of hydrogen-bond donors (Lipinski definition) is 1. The molecule has 0 bridgehead atoms. The summed E-state index contributed by atoms with van der Waals surface area (Å²) in [6.45, 7) is 0.989. The van der Waals surface area contributed by atoms with Gasteiger partial charge in [-0.3, -0.25) is 4.57 Å². The molecule has 1 aromatic heterocycles. The van der Waals surface area contributed by atoms with Crippen molar-refractivity contribution in [1.82, 2.24) is 9.55 Å². The number of nitrogens with zero attached hydrogens (tertiary/aromatic N) is 2. The number of aliphatic hydroxyl groups is 1. The number of aromatic nitrogens is 2. The van der Waals surface area contributed by atoms with E-state index in [1.807, 2.05) is 0 Å². The van der Waals surface area contributed by atoms with Gasteiger partial charge >= 0.3 is 6.18 Å². The molecule has 0 spiro atoms. The fourth-order valence-electron chi connectivity index (χ4n) is 1.70. The van der Waals surface area contributed by atoms with Gasteiger partial charge in [-0.1, -0.05) is 0 Å². The zero-order valence-electron chi connectivity index (χ0n) is 8.72. The number of aryl methyl sites for hydroxylation is 1. The van der Waals surface area contributed by atoms with Crippen LogP contribution in [0.2, 0.25) is 0 Å². The van der Waals surface area contributed by atoms with Crippen molar-refractivity contribution in [2.75, 3.05) is 0 Å². The maximum Gasteiger partial charge on any atom is 0.449 e. The second-order valence-electron chi connectivity index (χ2n) is 3.62. The first kappa shape index (κ1) is 12.4. The molecule has 2 rings (SSSR count). The molecule has 0 aliphatic carbocycles. The van der Waals surface area contributed by atoms with E-state index in [0.29, 0.717) is 4.47 Å². The van der Waals surface area contributed by atoms with E-state index in [1.165, 1.54) is 0 Å². The third-order valence-corrected chi connectivity index (χ3v) is 2.94. The van der Waals surface area contributed by atoms with Crippen LogP contribution >= 0.6 is 15.9 Å². The highest BCUT2D eigenvalue weighted by atomic mass is 79.9. The maximum absolute atomic E-state index is 12.7. The quantitative estimate of drug-likeness (QED) is 0.879. The summed E-state index contributed by atoms with van der Waals surface area (Å²) in [6.07, 6.45) is -4.59. The second kappa shape index (κ2) is 3.99. The lowest BCUT2D eigenvalue weighted by Gasteiger charge is -2.08. The molecule has 0 aliphatic heterocycles. The Morgan fingerprint density at radius 2 is 2.06 bits per heavy atom. The highest BCUT2D eigenvalue weighted by Crippen LogP contribution is 2.34. The van der Waals surface area contributed by atoms with Crippen molar-refractivity contribution in [3.63, 3.8) is 0 Å². The highest BCUT2D eigenvalue weighted by Gasteiger charge is 2.37. The zero-order chi connectivity index (χ0) is 12.8. The third-order valence-electron chi connectivity index (χ3n) is 2.33. The van der Waals surface area contributed by atoms with Crippen molar-refractivity contribution in [1.29, 1.82) is 0 Å². The number of rotatable bonds is 1. The third kappa shape index (κ3) is 2.04. The van der Waals surface area contributed by atoms with Gasteiger partial charge in [-0.25, -0.2) is 4.98 Å². The highest BCUT2D eigenvalue weighted by molar-refractivity contribution is 9.10. The van der Waals surface area contributed by atoms with Crippen molar-refractivity contribution in [3.8, 4) is 0 Å². The molecular formula is C10H8BrF3N2O. The summed E-state index contributed by atoms with van der Waals surface area (Å²) in [5.74, 6) is -1.10. The molecule has 1 heterocycles. The molecule has 2 aromatic rings. The van der Waals surface area contributed by atoms with Gasteiger partial charge in [0.05, 0.1) is 11.0 Å². The fourth-order valence-corrected chi connectivity index (χ4v) is 2.48. The maximum atomic E-state index is 12.7. The number of aliphatic hydroxyl groups excluding tert-OH is 1. The molecule has 92 valence electrons. The van der Waals surface area contributed by atoms with Crippen LogP contribution in [0, 0.1) is 6.92 Å². The van der Waals surface area contributed by atoms with Gasteiger partial charge in [-0.2, -0.15) is 13.2 Å². The van der Waals surface area contributed by atoms with Crippen molar-refractivity contribution in [2.24, 2.45) is 0 Å². The molecule has 7 heteroatoms. The first-order valence-electron chi connectivity index (χ1n) is 4.69. The van der Waals surface area contributed by atoms with Crippen LogP contribution in [0.25, 0.3) is 11.0 Å². The van der Waals surface area contributed by atoms with Crippen LogP contribution in [0.5, 0.6) is 0 Å². The van der Waals surface area contributed by atoms with Crippen LogP contribution in [0.15, 0.2) is 16.6 Å². The topological polar surface area (TPSA) is 38.0 Å². The van der Waals surface area contributed by atoms with Gasteiger partial charge < -0.3 is 5.11 Å². The molecular weight excluding hydrogens is 301 g/mol. The molecule has 0 atom stereocenters. The molecule has 3 nitrogen and oxygen atoms in total. The molecule has 0 aliphatic rings. The molecule has 1 aromatic carbocycles. The normalized spacial score (nSPS) is 12.4. The van der Waals surface area contributed by atoms with E-state index < -0.39 is 18.7 Å². The average molecular weight is 309 g/mol. The Labute approximate surface area is 103 Å². The SMILES string of the molecule is Cc1cc(Br)c2c(c1)nc(C(F)(F)F)n2CO. The van der Waals surface area contributed by atoms with E-state index in [0.717, 1.165) is 10.1 Å². The number of fused-ring (bicyclic) bond motifs is 1. The molecule has 0 amide bonds. The van der Waals surface area contributed by atoms with E-state index >= 15 is 0 Å². The largest absolute Gasteiger partial charge is 0.449 e. The van der Waals surface area contributed by atoms with Gasteiger partial charge in [-0.15, -0.1) is 0 Å². The second-order valence-corrected chi connectivity index (χ2v) is 4.47. The van der Waals surface area contributed by atoms with Crippen LogP contribution in [-0.2, 0) is 12.9 Å². The molecule has 0 unspecified atom stereocenters. The number of alkyl halides is 3. The van der Waals surface area contributed by atoms with E-state index in [2.05, 4.69) is 20.9 Å². The Hall–Kier alpha value is -1.08. The Morgan fingerprint density at radius 1 is 1.41 bits per heavy atom. The van der Waals surface area contributed by atoms with Gasteiger partial charge in [-0.05, 0) is 40.5 Å². The number of benzene rings is 1. The summed E-state index contributed by atoms with van der Waals surface area (Å²) in [5, 5.41) is 9.06. The molecule has 0 saturated heterocycles. The van der Waals surface area contributed by atoms with E-state index in [1.54, 1.807) is 19.1 Å². The Kier molecular flexibility index (Phi) is 2.90. The van der Waals surface area contributed by atoms with Gasteiger partial charge in [0, 0.05) is 4.47 Å². The van der Waals surface area contributed by atoms with E-state index in [9.17, 15) is 13.2 Å². The van der Waals surface area contributed by atoms with Crippen LogP contribution in [0.1, 0.15) is 11.4 Å². The first-order valence-corrected chi connectivity index (χ1v) is 5.48.